The van der Waals surface area contributed by atoms with Gasteiger partial charge in [-0.25, -0.2) is 0 Å². The maximum absolute atomic E-state index is 13.0. The normalized spacial score (nSPS) is 18.8. The molecule has 2 fully saturated rings. The molecule has 0 radical (unpaired) electrons. The van der Waals surface area contributed by atoms with Crippen molar-refractivity contribution in [3.63, 3.8) is 0 Å². The van der Waals surface area contributed by atoms with Crippen LogP contribution in [0.3, 0.4) is 0 Å². The summed E-state index contributed by atoms with van der Waals surface area (Å²) in [6.07, 6.45) is 7.65. The van der Waals surface area contributed by atoms with E-state index in [1.807, 2.05) is 17.9 Å². The van der Waals surface area contributed by atoms with E-state index in [4.69, 9.17) is 9.47 Å². The Labute approximate surface area is 204 Å². The van der Waals surface area contributed by atoms with Crippen LogP contribution in [0.5, 0.6) is 11.5 Å². The molecule has 2 heterocycles. The van der Waals surface area contributed by atoms with Gasteiger partial charge < -0.3 is 19.3 Å². The molecular formula is C27H41N3O4. The molecule has 0 aromatic heterocycles. The van der Waals surface area contributed by atoms with Crippen LogP contribution >= 0.6 is 0 Å². The van der Waals surface area contributed by atoms with Crippen molar-refractivity contribution < 1.29 is 19.1 Å². The average Bonchev–Trinajstić information content (AvgIpc) is 3.07. The first-order valence-electron chi connectivity index (χ1n) is 12.7. The molecule has 0 unspecified atom stereocenters. The van der Waals surface area contributed by atoms with Crippen LogP contribution < -0.4 is 9.47 Å². The molecule has 3 rings (SSSR count). The highest BCUT2D eigenvalue weighted by atomic mass is 16.5. The molecule has 0 bridgehead atoms. The highest BCUT2D eigenvalue weighted by Crippen LogP contribution is 2.34. The summed E-state index contributed by atoms with van der Waals surface area (Å²) in [6.45, 7) is 10.6. The molecule has 7 nitrogen and oxygen atoms in total. The number of carbonyl (C=O) groups is 2. The monoisotopic (exact) mass is 471 g/mol. The number of likely N-dealkylation sites (N-methyl/N-ethyl adjacent to an activating group) is 1. The smallest absolute Gasteiger partial charge is 0.246 e. The van der Waals surface area contributed by atoms with Gasteiger partial charge in [0.05, 0.1) is 19.3 Å². The van der Waals surface area contributed by atoms with Gasteiger partial charge in [0, 0.05) is 43.9 Å². The molecule has 0 spiro atoms. The molecule has 2 aliphatic heterocycles. The fourth-order valence-corrected chi connectivity index (χ4v) is 5.04. The summed E-state index contributed by atoms with van der Waals surface area (Å²) < 4.78 is 11.3. The van der Waals surface area contributed by atoms with Gasteiger partial charge in [-0.05, 0) is 71.0 Å². The van der Waals surface area contributed by atoms with Crippen molar-refractivity contribution in [1.29, 1.82) is 0 Å². The van der Waals surface area contributed by atoms with Crippen molar-refractivity contribution in [1.82, 2.24) is 14.7 Å². The largest absolute Gasteiger partial charge is 0.496 e. The lowest BCUT2D eigenvalue weighted by Crippen LogP contribution is -2.47. The first-order chi connectivity index (χ1) is 16.5. The Bertz CT molecular complexity index is 862. The third kappa shape index (κ3) is 6.60. The van der Waals surface area contributed by atoms with Crippen LogP contribution in [-0.2, 0) is 11.2 Å². The van der Waals surface area contributed by atoms with E-state index in [1.54, 1.807) is 13.2 Å². The highest BCUT2D eigenvalue weighted by Gasteiger charge is 2.27. The van der Waals surface area contributed by atoms with Crippen molar-refractivity contribution in [2.24, 2.45) is 0 Å². The van der Waals surface area contributed by atoms with Gasteiger partial charge in [-0.15, -0.1) is 0 Å². The zero-order valence-electron chi connectivity index (χ0n) is 21.3. The number of ketones is 1. The number of hydrogen-bond donors (Lipinski definition) is 0. The number of hydrogen-bond acceptors (Lipinski definition) is 6. The third-order valence-corrected chi connectivity index (χ3v) is 6.91. The van der Waals surface area contributed by atoms with Gasteiger partial charge in [-0.1, -0.05) is 13.3 Å². The van der Waals surface area contributed by atoms with Gasteiger partial charge in [-0.2, -0.15) is 0 Å². The van der Waals surface area contributed by atoms with Gasteiger partial charge in [-0.3, -0.25) is 14.5 Å². The minimum Gasteiger partial charge on any atom is -0.496 e. The van der Waals surface area contributed by atoms with Crippen LogP contribution in [0.4, 0.5) is 0 Å². The standard InChI is InChI=1S/C27H41N3O4/c1-5-8-23-25(34-6-2)11-9-22(27(23)33-4)24(31)10-12-26(32)30-17-13-21(14-18-30)29-16-7-15-28(3)19-20-29/h9-12,21H,5-8,13-20H2,1-4H3. The van der Waals surface area contributed by atoms with E-state index in [-0.39, 0.29) is 11.7 Å². The molecule has 34 heavy (non-hydrogen) atoms. The summed E-state index contributed by atoms with van der Waals surface area (Å²) in [5.41, 5.74) is 1.36. The Morgan fingerprint density at radius 3 is 2.47 bits per heavy atom. The van der Waals surface area contributed by atoms with Gasteiger partial charge in [0.2, 0.25) is 5.91 Å². The molecule has 188 valence electrons. The van der Waals surface area contributed by atoms with Crippen molar-refractivity contribution in [2.75, 3.05) is 60.0 Å². The first kappa shape index (κ1) is 26.2. The second kappa shape index (κ2) is 12.9. The number of nitrogens with zero attached hydrogens (tertiary/aromatic N) is 3. The topological polar surface area (TPSA) is 62.3 Å². The lowest BCUT2D eigenvalue weighted by atomic mass is 10.00. The van der Waals surface area contributed by atoms with E-state index in [0.29, 0.717) is 24.0 Å². The minimum absolute atomic E-state index is 0.0962. The van der Waals surface area contributed by atoms with E-state index >= 15 is 0 Å². The van der Waals surface area contributed by atoms with E-state index in [9.17, 15) is 9.59 Å². The number of allylic oxidation sites excluding steroid dienone is 1. The van der Waals surface area contributed by atoms with Crippen LogP contribution in [0.25, 0.3) is 0 Å². The van der Waals surface area contributed by atoms with Crippen molar-refractivity contribution in [3.05, 3.63) is 35.4 Å². The van der Waals surface area contributed by atoms with E-state index in [1.165, 1.54) is 18.6 Å². The first-order valence-corrected chi connectivity index (χ1v) is 12.7. The van der Waals surface area contributed by atoms with E-state index in [2.05, 4.69) is 23.8 Å². The number of piperidine rings is 1. The lowest BCUT2D eigenvalue weighted by Gasteiger charge is -2.37. The Kier molecular flexibility index (Phi) is 9.96. The lowest BCUT2D eigenvalue weighted by molar-refractivity contribution is -0.127. The summed E-state index contributed by atoms with van der Waals surface area (Å²) in [4.78, 5) is 32.6. The predicted octanol–water partition coefficient (Wildman–Crippen LogP) is 3.41. The highest BCUT2D eigenvalue weighted by molar-refractivity contribution is 6.09. The van der Waals surface area contributed by atoms with E-state index in [0.717, 1.165) is 76.3 Å². The maximum atomic E-state index is 13.0. The number of ether oxygens (including phenoxy) is 2. The molecule has 0 saturated carbocycles. The maximum Gasteiger partial charge on any atom is 0.246 e. The zero-order valence-corrected chi connectivity index (χ0v) is 21.3. The van der Waals surface area contributed by atoms with Crippen LogP contribution in [0.1, 0.15) is 55.5 Å². The van der Waals surface area contributed by atoms with E-state index < -0.39 is 0 Å². The molecule has 1 amide bonds. The Balaban J connectivity index is 1.61. The second-order valence-corrected chi connectivity index (χ2v) is 9.25. The number of methoxy groups -OCH3 is 1. The van der Waals surface area contributed by atoms with Crippen LogP contribution in [0, 0.1) is 0 Å². The van der Waals surface area contributed by atoms with Crippen molar-refractivity contribution in [3.8, 4) is 11.5 Å². The SMILES string of the molecule is CCCc1c(OCC)ccc(C(=O)C=CC(=O)N2CCC(N3CCCN(C)CC3)CC2)c1OC. The number of amides is 1. The van der Waals surface area contributed by atoms with Crippen LogP contribution in [0.2, 0.25) is 0 Å². The summed E-state index contributed by atoms with van der Waals surface area (Å²) >= 11 is 0. The molecule has 0 aliphatic carbocycles. The number of likely N-dealkylation sites (tertiary alicyclic amines) is 1. The third-order valence-electron chi connectivity index (χ3n) is 6.91. The molecule has 1 aromatic carbocycles. The van der Waals surface area contributed by atoms with Gasteiger partial charge in [0.1, 0.15) is 11.5 Å². The molecule has 1 aromatic rings. The van der Waals surface area contributed by atoms with Gasteiger partial charge in [0.25, 0.3) is 0 Å². The second-order valence-electron chi connectivity index (χ2n) is 9.25. The Hall–Kier alpha value is -2.38. The van der Waals surface area contributed by atoms with Crippen LogP contribution in [0.15, 0.2) is 24.3 Å². The average molecular weight is 472 g/mol. The summed E-state index contributed by atoms with van der Waals surface area (Å²) in [5.74, 6) is 0.964. The fraction of sp³-hybridized carbons (Fsp3) is 0.630. The zero-order chi connectivity index (χ0) is 24.5. The molecule has 2 aliphatic rings. The van der Waals surface area contributed by atoms with Gasteiger partial charge in [0.15, 0.2) is 5.78 Å². The quantitative estimate of drug-likeness (QED) is 0.406. The number of rotatable bonds is 9. The Morgan fingerprint density at radius 1 is 1.03 bits per heavy atom. The summed E-state index contributed by atoms with van der Waals surface area (Å²) in [6, 6.07) is 4.10. The minimum atomic E-state index is -0.228. The molecule has 0 atom stereocenters. The molecule has 0 N–H and O–H groups in total. The molecular weight excluding hydrogens is 430 g/mol. The summed E-state index contributed by atoms with van der Waals surface area (Å²) in [5, 5.41) is 0. The Morgan fingerprint density at radius 2 is 1.79 bits per heavy atom. The van der Waals surface area contributed by atoms with Crippen molar-refractivity contribution in [2.45, 2.75) is 52.0 Å². The summed E-state index contributed by atoms with van der Waals surface area (Å²) in [7, 11) is 3.76. The van der Waals surface area contributed by atoms with Crippen molar-refractivity contribution >= 4 is 11.7 Å². The predicted molar refractivity (Wildman–Crippen MR) is 135 cm³/mol. The van der Waals surface area contributed by atoms with Crippen LogP contribution in [-0.4, -0.2) is 92.5 Å². The van der Waals surface area contributed by atoms with Gasteiger partial charge >= 0.3 is 0 Å². The number of benzene rings is 1. The molecule has 2 saturated heterocycles. The fourth-order valence-electron chi connectivity index (χ4n) is 5.04. The molecule has 7 heteroatoms. The number of carbonyl (C=O) groups excluding carboxylic acids is 2.